The van der Waals surface area contributed by atoms with Crippen molar-refractivity contribution in [1.82, 2.24) is 0 Å². The van der Waals surface area contributed by atoms with Gasteiger partial charge in [-0.1, -0.05) is 53.0 Å². The van der Waals surface area contributed by atoms with E-state index >= 15 is 0 Å². The zero-order valence-electron chi connectivity index (χ0n) is 11.4. The minimum atomic E-state index is 0.0382. The summed E-state index contributed by atoms with van der Waals surface area (Å²) in [4.78, 5) is 1.07. The van der Waals surface area contributed by atoms with Crippen LogP contribution in [0.3, 0.4) is 0 Å². The van der Waals surface area contributed by atoms with Crippen molar-refractivity contribution in [3.63, 3.8) is 0 Å². The topological polar surface area (TPSA) is 26.0 Å². The molecule has 0 bridgehead atoms. The summed E-state index contributed by atoms with van der Waals surface area (Å²) in [6.07, 6.45) is 0. The summed E-state index contributed by atoms with van der Waals surface area (Å²) < 4.78 is 0. The Labute approximate surface area is 134 Å². The number of benzene rings is 2. The highest BCUT2D eigenvalue weighted by molar-refractivity contribution is 7.99. The number of nitrogens with two attached hydrogens (primary N) is 1. The molecular weight excluding hydrogens is 309 g/mol. The fraction of sp³-hybridized carbons (Fsp3) is 0.250. The van der Waals surface area contributed by atoms with Gasteiger partial charge >= 0.3 is 0 Å². The number of halogens is 2. The van der Waals surface area contributed by atoms with E-state index in [1.54, 1.807) is 11.8 Å². The van der Waals surface area contributed by atoms with E-state index in [1.807, 2.05) is 25.1 Å². The summed E-state index contributed by atoms with van der Waals surface area (Å²) in [6.45, 7) is 4.11. The molecule has 0 amide bonds. The molecule has 0 radical (unpaired) electrons. The first-order valence-corrected chi connectivity index (χ1v) is 8.05. The average Bonchev–Trinajstić information content (AvgIpc) is 2.39. The molecule has 0 heterocycles. The summed E-state index contributed by atoms with van der Waals surface area (Å²) in [6, 6.07) is 14.2. The molecule has 1 nitrogen and oxygen atoms in total. The predicted octanol–water partition coefficient (Wildman–Crippen LogP) is 5.48. The van der Waals surface area contributed by atoms with Crippen molar-refractivity contribution in [1.29, 1.82) is 0 Å². The molecule has 106 valence electrons. The van der Waals surface area contributed by atoms with Crippen LogP contribution in [0.5, 0.6) is 0 Å². The molecular formula is C16H17Cl2NS. The zero-order chi connectivity index (χ0) is 14.7. The van der Waals surface area contributed by atoms with Crippen LogP contribution in [0.1, 0.15) is 23.3 Å². The van der Waals surface area contributed by atoms with Crippen LogP contribution in [0.25, 0.3) is 0 Å². The fourth-order valence-electron chi connectivity index (χ4n) is 2.02. The molecule has 0 fully saturated rings. The van der Waals surface area contributed by atoms with Gasteiger partial charge in [0.05, 0.1) is 10.0 Å². The second-order valence-electron chi connectivity index (χ2n) is 4.89. The van der Waals surface area contributed by atoms with Crippen LogP contribution < -0.4 is 5.73 Å². The molecule has 0 aromatic heterocycles. The predicted molar refractivity (Wildman–Crippen MR) is 89.9 cm³/mol. The van der Waals surface area contributed by atoms with E-state index in [4.69, 9.17) is 28.9 Å². The van der Waals surface area contributed by atoms with E-state index in [9.17, 15) is 0 Å². The van der Waals surface area contributed by atoms with Crippen LogP contribution >= 0.6 is 35.0 Å². The van der Waals surface area contributed by atoms with Gasteiger partial charge in [-0.2, -0.15) is 0 Å². The minimum absolute atomic E-state index is 0.0382. The Balaban J connectivity index is 2.28. The molecule has 4 heteroatoms. The summed E-state index contributed by atoms with van der Waals surface area (Å²) >= 11 is 13.7. The SMILES string of the molecule is Cc1cccc(C(Sc2ccc(Cl)c(Cl)c2)C(C)N)c1. The van der Waals surface area contributed by atoms with E-state index in [0.29, 0.717) is 10.0 Å². The van der Waals surface area contributed by atoms with Crippen LogP contribution in [0.4, 0.5) is 0 Å². The lowest BCUT2D eigenvalue weighted by Gasteiger charge is -2.21. The first kappa shape index (κ1) is 15.7. The summed E-state index contributed by atoms with van der Waals surface area (Å²) in [5.41, 5.74) is 8.63. The van der Waals surface area contributed by atoms with Crippen molar-refractivity contribution < 1.29 is 0 Å². The van der Waals surface area contributed by atoms with Crippen molar-refractivity contribution in [2.45, 2.75) is 30.0 Å². The van der Waals surface area contributed by atoms with E-state index in [-0.39, 0.29) is 11.3 Å². The second-order valence-corrected chi connectivity index (χ2v) is 6.92. The van der Waals surface area contributed by atoms with Crippen molar-refractivity contribution >= 4 is 35.0 Å². The van der Waals surface area contributed by atoms with Gasteiger partial charge in [0, 0.05) is 16.2 Å². The largest absolute Gasteiger partial charge is 0.327 e. The molecule has 0 saturated carbocycles. The Bertz CT molecular complexity index is 599. The van der Waals surface area contributed by atoms with Crippen LogP contribution in [-0.2, 0) is 0 Å². The van der Waals surface area contributed by atoms with Gasteiger partial charge < -0.3 is 5.73 Å². The Morgan fingerprint density at radius 1 is 1.05 bits per heavy atom. The summed E-state index contributed by atoms with van der Waals surface area (Å²) in [5.74, 6) is 0. The average molecular weight is 326 g/mol. The number of hydrogen-bond acceptors (Lipinski definition) is 2. The van der Waals surface area contributed by atoms with Crippen LogP contribution in [-0.4, -0.2) is 6.04 Å². The van der Waals surface area contributed by atoms with Crippen LogP contribution in [0.2, 0.25) is 10.0 Å². The van der Waals surface area contributed by atoms with Crippen LogP contribution in [0.15, 0.2) is 47.4 Å². The van der Waals surface area contributed by atoms with Gasteiger partial charge in [-0.15, -0.1) is 11.8 Å². The molecule has 2 aromatic carbocycles. The van der Waals surface area contributed by atoms with E-state index < -0.39 is 0 Å². The van der Waals surface area contributed by atoms with Crippen LogP contribution in [0, 0.1) is 6.92 Å². The van der Waals surface area contributed by atoms with Gasteiger partial charge in [0.1, 0.15) is 0 Å². The zero-order valence-corrected chi connectivity index (χ0v) is 13.8. The van der Waals surface area contributed by atoms with Gasteiger partial charge in [0.2, 0.25) is 0 Å². The molecule has 0 aliphatic carbocycles. The maximum atomic E-state index is 6.15. The quantitative estimate of drug-likeness (QED) is 0.753. The van der Waals surface area contributed by atoms with Gasteiger partial charge in [-0.05, 0) is 37.6 Å². The van der Waals surface area contributed by atoms with Crippen molar-refractivity contribution in [3.8, 4) is 0 Å². The van der Waals surface area contributed by atoms with Gasteiger partial charge in [-0.25, -0.2) is 0 Å². The number of hydrogen-bond donors (Lipinski definition) is 1. The fourth-order valence-corrected chi connectivity index (χ4v) is 3.51. The molecule has 0 spiro atoms. The van der Waals surface area contributed by atoms with E-state index in [2.05, 4.69) is 31.2 Å². The first-order valence-electron chi connectivity index (χ1n) is 6.41. The Kier molecular flexibility index (Phi) is 5.39. The molecule has 2 unspecified atom stereocenters. The highest BCUT2D eigenvalue weighted by atomic mass is 35.5. The molecule has 2 N–H and O–H groups in total. The maximum Gasteiger partial charge on any atom is 0.0603 e. The third-order valence-electron chi connectivity index (χ3n) is 3.00. The van der Waals surface area contributed by atoms with Crippen molar-refractivity contribution in [3.05, 3.63) is 63.6 Å². The molecule has 20 heavy (non-hydrogen) atoms. The molecule has 0 saturated heterocycles. The lowest BCUT2D eigenvalue weighted by Crippen LogP contribution is -2.22. The Hall–Kier alpha value is -0.670. The Morgan fingerprint density at radius 2 is 1.80 bits per heavy atom. The molecule has 2 aromatic rings. The highest BCUT2D eigenvalue weighted by Crippen LogP contribution is 2.39. The van der Waals surface area contributed by atoms with E-state index in [0.717, 1.165) is 4.90 Å². The highest BCUT2D eigenvalue weighted by Gasteiger charge is 2.18. The number of thioether (sulfide) groups is 1. The standard InChI is InChI=1S/C16H17Cl2NS/c1-10-4-3-5-12(8-10)16(11(2)19)20-13-6-7-14(17)15(18)9-13/h3-9,11,16H,19H2,1-2H3. The normalized spacial score (nSPS) is 14.1. The van der Waals surface area contributed by atoms with Crippen molar-refractivity contribution in [2.75, 3.05) is 0 Å². The first-order chi connectivity index (χ1) is 9.47. The molecule has 0 aliphatic heterocycles. The monoisotopic (exact) mass is 325 g/mol. The molecule has 2 atom stereocenters. The van der Waals surface area contributed by atoms with Crippen molar-refractivity contribution in [2.24, 2.45) is 5.73 Å². The smallest absolute Gasteiger partial charge is 0.0603 e. The number of rotatable bonds is 4. The van der Waals surface area contributed by atoms with Gasteiger partial charge in [0.25, 0.3) is 0 Å². The Morgan fingerprint density at radius 3 is 2.40 bits per heavy atom. The molecule has 2 rings (SSSR count). The lowest BCUT2D eigenvalue weighted by atomic mass is 10.0. The summed E-state index contributed by atoms with van der Waals surface area (Å²) in [7, 11) is 0. The lowest BCUT2D eigenvalue weighted by molar-refractivity contribution is 0.721. The third-order valence-corrected chi connectivity index (χ3v) is 5.22. The molecule has 0 aliphatic rings. The maximum absolute atomic E-state index is 6.15. The minimum Gasteiger partial charge on any atom is -0.327 e. The van der Waals surface area contributed by atoms with Gasteiger partial charge in [0.15, 0.2) is 0 Å². The second kappa shape index (κ2) is 6.86. The summed E-state index contributed by atoms with van der Waals surface area (Å²) in [5, 5.41) is 1.33. The third kappa shape index (κ3) is 3.92. The van der Waals surface area contributed by atoms with Gasteiger partial charge in [-0.3, -0.25) is 0 Å². The van der Waals surface area contributed by atoms with E-state index in [1.165, 1.54) is 11.1 Å². The number of aryl methyl sites for hydroxylation is 1.